The van der Waals surface area contributed by atoms with E-state index in [2.05, 4.69) is 10.6 Å². The first-order valence-corrected chi connectivity index (χ1v) is 16.4. The Bertz CT molecular complexity index is 2320. The first-order chi connectivity index (χ1) is 22.4. The predicted octanol–water partition coefficient (Wildman–Crippen LogP) is 7.25. The molecule has 0 unspecified atom stereocenters. The minimum atomic E-state index is -0.718. The van der Waals surface area contributed by atoms with E-state index >= 15 is 0 Å². The fraction of sp³-hybridized carbons (Fsp3) is 0.108. The van der Waals surface area contributed by atoms with Crippen LogP contribution in [0.4, 0.5) is 0 Å². The number of carbonyl (C=O) groups is 1. The number of hydrogen-bond donors (Lipinski definition) is 0. The molecule has 0 saturated heterocycles. The lowest BCUT2D eigenvalue weighted by Gasteiger charge is -2.25. The number of benzene rings is 4. The highest BCUT2D eigenvalue weighted by Gasteiger charge is 2.35. The zero-order valence-corrected chi connectivity index (χ0v) is 27.0. The normalized spacial score (nSPS) is 14.8. The van der Waals surface area contributed by atoms with E-state index in [1.165, 1.54) is 11.3 Å². The van der Waals surface area contributed by atoms with Crippen LogP contribution in [0, 0.1) is 0 Å². The molecule has 0 radical (unpaired) electrons. The standard InChI is InChI=1S/C37H27Cl2N3O3S/c1-2-45-36(44)32-33(24-11-5-3-6-12-24)40-37-42(34(32)25-13-7-4-8-14-25)35(43)31(46-37)20-26-22-41(30-16-10-9-15-27(26)30)21-23-17-18-28(38)29(39)19-23/h3-20,22,34H,2,21H2,1H3/b31-20+/t34-/m0/s1. The lowest BCUT2D eigenvalue weighted by Crippen LogP contribution is -2.39. The number of nitrogens with zero attached hydrogens (tertiary/aromatic N) is 3. The molecule has 0 N–H and O–H groups in total. The molecule has 46 heavy (non-hydrogen) atoms. The van der Waals surface area contributed by atoms with Crippen molar-refractivity contribution in [2.24, 2.45) is 4.99 Å². The lowest BCUT2D eigenvalue weighted by molar-refractivity contribution is -0.138. The average molecular weight is 665 g/mol. The Morgan fingerprint density at radius 3 is 2.39 bits per heavy atom. The second-order valence-electron chi connectivity index (χ2n) is 10.8. The van der Waals surface area contributed by atoms with E-state index in [0.717, 1.165) is 33.2 Å². The van der Waals surface area contributed by atoms with Crippen molar-refractivity contribution in [1.82, 2.24) is 9.13 Å². The summed E-state index contributed by atoms with van der Waals surface area (Å²) < 4.78 is 9.83. The van der Waals surface area contributed by atoms with Crippen molar-refractivity contribution in [1.29, 1.82) is 0 Å². The lowest BCUT2D eigenvalue weighted by atomic mass is 9.93. The minimum Gasteiger partial charge on any atom is -0.463 e. The monoisotopic (exact) mass is 663 g/mol. The number of ether oxygens (including phenoxy) is 1. The highest BCUT2D eigenvalue weighted by atomic mass is 35.5. The van der Waals surface area contributed by atoms with Crippen molar-refractivity contribution < 1.29 is 9.53 Å². The summed E-state index contributed by atoms with van der Waals surface area (Å²) in [4.78, 5) is 33.5. The van der Waals surface area contributed by atoms with Gasteiger partial charge in [0.2, 0.25) is 0 Å². The van der Waals surface area contributed by atoms with Crippen LogP contribution < -0.4 is 14.9 Å². The van der Waals surface area contributed by atoms with Crippen LogP contribution in [0.5, 0.6) is 0 Å². The molecule has 1 aliphatic rings. The number of fused-ring (bicyclic) bond motifs is 2. The molecule has 6 nitrogen and oxygen atoms in total. The van der Waals surface area contributed by atoms with E-state index in [1.807, 2.05) is 103 Å². The van der Waals surface area contributed by atoms with Gasteiger partial charge in [0.15, 0.2) is 4.80 Å². The summed E-state index contributed by atoms with van der Waals surface area (Å²) >= 11 is 13.8. The summed E-state index contributed by atoms with van der Waals surface area (Å²) in [5.41, 5.74) is 5.08. The maximum Gasteiger partial charge on any atom is 0.338 e. The van der Waals surface area contributed by atoms with Crippen LogP contribution in [0.15, 0.2) is 125 Å². The van der Waals surface area contributed by atoms with Gasteiger partial charge in [0.05, 0.1) is 38.5 Å². The summed E-state index contributed by atoms with van der Waals surface area (Å²) in [6.07, 6.45) is 3.95. The Morgan fingerprint density at radius 2 is 1.65 bits per heavy atom. The van der Waals surface area contributed by atoms with Crippen LogP contribution >= 0.6 is 34.5 Å². The van der Waals surface area contributed by atoms with E-state index in [9.17, 15) is 9.59 Å². The average Bonchev–Trinajstić information content (AvgIpc) is 3.58. The van der Waals surface area contributed by atoms with Crippen LogP contribution in [0.3, 0.4) is 0 Å². The van der Waals surface area contributed by atoms with Gasteiger partial charge in [0.25, 0.3) is 5.56 Å². The van der Waals surface area contributed by atoms with Crippen molar-refractivity contribution in [3.63, 3.8) is 0 Å². The number of halogens is 2. The predicted molar refractivity (Wildman–Crippen MR) is 185 cm³/mol. The molecule has 0 saturated carbocycles. The van der Waals surface area contributed by atoms with Crippen molar-refractivity contribution >= 4 is 63.2 Å². The van der Waals surface area contributed by atoms with Gasteiger partial charge in [-0.15, -0.1) is 0 Å². The maximum absolute atomic E-state index is 14.3. The first-order valence-electron chi connectivity index (χ1n) is 14.8. The number of thiazole rings is 1. The van der Waals surface area contributed by atoms with Gasteiger partial charge in [-0.3, -0.25) is 9.36 Å². The minimum absolute atomic E-state index is 0.197. The van der Waals surface area contributed by atoms with Gasteiger partial charge < -0.3 is 9.30 Å². The van der Waals surface area contributed by atoms with Gasteiger partial charge in [-0.05, 0) is 42.3 Å². The molecule has 3 heterocycles. The molecule has 2 aromatic heterocycles. The fourth-order valence-corrected chi connectivity index (χ4v) is 7.20. The smallest absolute Gasteiger partial charge is 0.338 e. The van der Waals surface area contributed by atoms with E-state index in [-0.39, 0.29) is 12.2 Å². The number of esters is 1. The van der Waals surface area contributed by atoms with Gasteiger partial charge in [0.1, 0.15) is 0 Å². The third-order valence-corrected chi connectivity index (χ3v) is 9.65. The Hall–Kier alpha value is -4.69. The molecule has 6 aromatic rings. The molecule has 0 fully saturated rings. The Labute approximate surface area is 278 Å². The summed E-state index contributed by atoms with van der Waals surface area (Å²) in [6, 6.07) is 32.1. The quantitative estimate of drug-likeness (QED) is 0.169. The Kier molecular flexibility index (Phi) is 8.21. The van der Waals surface area contributed by atoms with E-state index in [1.54, 1.807) is 17.6 Å². The van der Waals surface area contributed by atoms with Crippen LogP contribution in [-0.4, -0.2) is 21.7 Å². The number of rotatable bonds is 7. The van der Waals surface area contributed by atoms with Gasteiger partial charge in [-0.2, -0.15) is 0 Å². The molecule has 228 valence electrons. The molecular weight excluding hydrogens is 637 g/mol. The molecule has 7 rings (SSSR count). The van der Waals surface area contributed by atoms with Gasteiger partial charge >= 0.3 is 5.97 Å². The molecule has 0 aliphatic carbocycles. The van der Waals surface area contributed by atoms with Crippen LogP contribution in [0.2, 0.25) is 10.0 Å². The molecular formula is C37H27Cl2N3O3S. The molecule has 0 spiro atoms. The third-order valence-electron chi connectivity index (χ3n) is 7.93. The number of hydrogen-bond acceptors (Lipinski definition) is 5. The zero-order chi connectivity index (χ0) is 31.8. The molecule has 9 heteroatoms. The fourth-order valence-electron chi connectivity index (χ4n) is 5.89. The van der Waals surface area contributed by atoms with Gasteiger partial charge in [-0.1, -0.05) is 119 Å². The second-order valence-corrected chi connectivity index (χ2v) is 12.6. The summed E-state index contributed by atoms with van der Waals surface area (Å²) in [5.74, 6) is -0.501. The Morgan fingerprint density at radius 1 is 0.935 bits per heavy atom. The van der Waals surface area contributed by atoms with E-state index in [4.69, 9.17) is 32.9 Å². The summed E-state index contributed by atoms with van der Waals surface area (Å²) in [6.45, 7) is 2.54. The molecule has 0 bridgehead atoms. The third kappa shape index (κ3) is 5.51. The molecule has 1 aliphatic heterocycles. The highest BCUT2D eigenvalue weighted by molar-refractivity contribution is 7.07. The second kappa shape index (κ2) is 12.6. The molecule has 4 aromatic carbocycles. The topological polar surface area (TPSA) is 65.6 Å². The van der Waals surface area contributed by atoms with Crippen molar-refractivity contribution in [3.8, 4) is 0 Å². The molecule has 1 atom stereocenters. The SMILES string of the molecule is CCOC(=O)C1=C(c2ccccc2)N=c2s/c(=C/c3cn(Cc4ccc(Cl)c(Cl)c4)c4ccccc34)c(=O)n2[C@H]1c1ccccc1. The summed E-state index contributed by atoms with van der Waals surface area (Å²) in [7, 11) is 0. The number of aromatic nitrogens is 2. The number of para-hydroxylation sites is 1. The highest BCUT2D eigenvalue weighted by Crippen LogP contribution is 2.35. The van der Waals surface area contributed by atoms with Crippen LogP contribution in [0.25, 0.3) is 22.7 Å². The van der Waals surface area contributed by atoms with Gasteiger partial charge in [-0.25, -0.2) is 9.79 Å². The zero-order valence-electron chi connectivity index (χ0n) is 24.7. The van der Waals surface area contributed by atoms with Gasteiger partial charge in [0, 0.05) is 34.8 Å². The maximum atomic E-state index is 14.3. The van der Waals surface area contributed by atoms with Crippen molar-refractivity contribution in [3.05, 3.63) is 167 Å². The first kappa shape index (κ1) is 30.0. The molecule has 0 amide bonds. The van der Waals surface area contributed by atoms with Crippen molar-refractivity contribution in [2.75, 3.05) is 6.61 Å². The van der Waals surface area contributed by atoms with E-state index in [0.29, 0.717) is 37.2 Å². The Balaban J connectivity index is 1.43. The van der Waals surface area contributed by atoms with Crippen LogP contribution in [-0.2, 0) is 16.1 Å². The van der Waals surface area contributed by atoms with Crippen LogP contribution in [0.1, 0.15) is 35.2 Å². The largest absolute Gasteiger partial charge is 0.463 e. The number of carbonyl (C=O) groups excluding carboxylic acids is 1. The van der Waals surface area contributed by atoms with Crippen molar-refractivity contribution in [2.45, 2.75) is 19.5 Å². The van der Waals surface area contributed by atoms with E-state index < -0.39 is 12.0 Å². The summed E-state index contributed by atoms with van der Waals surface area (Å²) in [5, 5.41) is 2.02.